The summed E-state index contributed by atoms with van der Waals surface area (Å²) in [5.74, 6) is 0. The number of piperazine rings is 1. The Morgan fingerprint density at radius 2 is 1.76 bits per heavy atom. The van der Waals surface area contributed by atoms with Crippen molar-refractivity contribution < 1.29 is 0 Å². The zero-order valence-corrected chi connectivity index (χ0v) is 15.3. The Hall–Kier alpha value is -2.05. The highest BCUT2D eigenvalue weighted by Gasteiger charge is 2.28. The largest absolute Gasteiger partial charge is 0.379 e. The summed E-state index contributed by atoms with van der Waals surface area (Å²) in [4.78, 5) is 30.2. The Bertz CT molecular complexity index is 806. The summed E-state index contributed by atoms with van der Waals surface area (Å²) in [6.07, 6.45) is 0. The number of rotatable bonds is 6. The summed E-state index contributed by atoms with van der Waals surface area (Å²) < 4.78 is 0. The lowest BCUT2D eigenvalue weighted by Crippen LogP contribution is -2.51. The van der Waals surface area contributed by atoms with Crippen molar-refractivity contribution in [2.45, 2.75) is 0 Å². The highest BCUT2D eigenvalue weighted by Crippen LogP contribution is 2.25. The molecule has 0 saturated carbocycles. The van der Waals surface area contributed by atoms with Crippen LogP contribution < -0.4 is 26.0 Å². The van der Waals surface area contributed by atoms with E-state index < -0.39 is 5.43 Å². The van der Waals surface area contributed by atoms with Crippen LogP contribution in [0.3, 0.4) is 0 Å². The molecule has 3 rings (SSSR count). The normalized spacial score (nSPS) is 15.2. The Morgan fingerprint density at radius 1 is 1.08 bits per heavy atom. The van der Waals surface area contributed by atoms with Crippen LogP contribution in [0, 0.1) is 0 Å². The number of nitrogens with zero attached hydrogens (tertiary/aromatic N) is 3. The first-order chi connectivity index (χ1) is 12.0. The first-order valence-electron chi connectivity index (χ1n) is 8.44. The van der Waals surface area contributed by atoms with Crippen LogP contribution in [-0.2, 0) is 0 Å². The van der Waals surface area contributed by atoms with Gasteiger partial charge in [-0.3, -0.25) is 9.59 Å². The van der Waals surface area contributed by atoms with Crippen molar-refractivity contribution in [2.24, 2.45) is 0 Å². The molecule has 0 unspecified atom stereocenters. The molecule has 0 bridgehead atoms. The molecule has 2 aromatic carbocycles. The fourth-order valence-corrected chi connectivity index (χ4v) is 3.30. The zero-order valence-electron chi connectivity index (χ0n) is 14.6. The van der Waals surface area contributed by atoms with Crippen molar-refractivity contribution in [3.8, 4) is 0 Å². The Balaban J connectivity index is 1.64. The van der Waals surface area contributed by atoms with Crippen molar-refractivity contribution in [3.63, 3.8) is 0 Å². The topological polar surface area (TPSA) is 55.9 Å². The summed E-state index contributed by atoms with van der Waals surface area (Å²) in [5.41, 5.74) is 1.34. The average Bonchev–Trinajstić information content (AvgIpc) is 2.60. The molecule has 2 aromatic rings. The lowest BCUT2D eigenvalue weighted by atomic mass is 10.1. The third kappa shape index (κ3) is 3.80. The highest BCUT2D eigenvalue weighted by atomic mass is 35.5. The third-order valence-corrected chi connectivity index (χ3v) is 4.75. The minimum absolute atomic E-state index is 0.372. The SMILES string of the molecule is CN(C)CCNc1c(N2CCN(c3cccc(Cl)c3)CC2)c(=O)c1=O. The van der Waals surface area contributed by atoms with E-state index in [0.29, 0.717) is 31.0 Å². The van der Waals surface area contributed by atoms with E-state index in [1.165, 1.54) is 0 Å². The maximum atomic E-state index is 12.0. The van der Waals surface area contributed by atoms with Gasteiger partial charge in [-0.2, -0.15) is 0 Å². The Kier molecular flexibility index (Phi) is 5.30. The molecule has 1 saturated heterocycles. The van der Waals surface area contributed by atoms with Crippen molar-refractivity contribution >= 4 is 28.7 Å². The lowest BCUT2D eigenvalue weighted by Gasteiger charge is -2.38. The van der Waals surface area contributed by atoms with Crippen molar-refractivity contribution in [1.82, 2.24) is 4.90 Å². The van der Waals surface area contributed by atoms with Crippen molar-refractivity contribution in [3.05, 3.63) is 49.7 Å². The van der Waals surface area contributed by atoms with Crippen LogP contribution >= 0.6 is 11.6 Å². The number of benzene rings is 1. The van der Waals surface area contributed by atoms with Crippen molar-refractivity contribution in [1.29, 1.82) is 0 Å². The standard InChI is InChI=1S/C18H23ClN4O2/c1-21(2)7-6-20-15-16(18(25)17(15)24)23-10-8-22(9-11-23)14-5-3-4-13(19)12-14/h3-5,12,20H,6-11H2,1-2H3. The predicted molar refractivity (Wildman–Crippen MR) is 104 cm³/mol. The average molecular weight is 363 g/mol. The molecule has 0 aromatic heterocycles. The molecule has 1 heterocycles. The summed E-state index contributed by atoms with van der Waals surface area (Å²) >= 11 is 6.06. The third-order valence-electron chi connectivity index (χ3n) is 4.52. The minimum atomic E-state index is -0.397. The Morgan fingerprint density at radius 3 is 2.40 bits per heavy atom. The van der Waals surface area contributed by atoms with Crippen LogP contribution in [0.5, 0.6) is 0 Å². The number of anilines is 3. The van der Waals surface area contributed by atoms with Gasteiger partial charge in [-0.25, -0.2) is 0 Å². The molecular formula is C18H23ClN4O2. The van der Waals surface area contributed by atoms with Gasteiger partial charge in [-0.15, -0.1) is 0 Å². The molecule has 0 amide bonds. The number of hydrogen-bond acceptors (Lipinski definition) is 6. The first-order valence-corrected chi connectivity index (χ1v) is 8.82. The molecular weight excluding hydrogens is 340 g/mol. The smallest absolute Gasteiger partial charge is 0.253 e. The molecule has 25 heavy (non-hydrogen) atoms. The summed E-state index contributed by atoms with van der Waals surface area (Å²) in [7, 11) is 3.94. The van der Waals surface area contributed by atoms with Gasteiger partial charge in [0.2, 0.25) is 0 Å². The van der Waals surface area contributed by atoms with Gasteiger partial charge in [-0.1, -0.05) is 17.7 Å². The molecule has 6 nitrogen and oxygen atoms in total. The number of likely N-dealkylation sites (N-methyl/N-ethyl adjacent to an activating group) is 1. The quantitative estimate of drug-likeness (QED) is 0.780. The van der Waals surface area contributed by atoms with Gasteiger partial charge < -0.3 is 20.0 Å². The van der Waals surface area contributed by atoms with Crippen LogP contribution in [0.1, 0.15) is 0 Å². The van der Waals surface area contributed by atoms with Gasteiger partial charge in [0.1, 0.15) is 11.4 Å². The van der Waals surface area contributed by atoms with E-state index in [9.17, 15) is 9.59 Å². The number of halogens is 1. The second kappa shape index (κ2) is 7.45. The highest BCUT2D eigenvalue weighted by molar-refractivity contribution is 6.30. The van der Waals surface area contributed by atoms with Crippen LogP contribution in [0.2, 0.25) is 5.02 Å². The van der Waals surface area contributed by atoms with E-state index in [2.05, 4.69) is 10.2 Å². The monoisotopic (exact) mass is 362 g/mol. The van der Waals surface area contributed by atoms with E-state index in [1.807, 2.05) is 48.2 Å². The number of hydrogen-bond donors (Lipinski definition) is 1. The van der Waals surface area contributed by atoms with Gasteiger partial charge in [0.05, 0.1) is 0 Å². The molecule has 7 heteroatoms. The Labute approximate surface area is 152 Å². The van der Waals surface area contributed by atoms with Crippen LogP contribution in [-0.4, -0.2) is 58.3 Å². The minimum Gasteiger partial charge on any atom is -0.379 e. The van der Waals surface area contributed by atoms with Gasteiger partial charge in [0.15, 0.2) is 0 Å². The summed E-state index contributed by atoms with van der Waals surface area (Å²) in [6, 6.07) is 7.78. The maximum absolute atomic E-state index is 12.0. The fourth-order valence-electron chi connectivity index (χ4n) is 3.11. The van der Waals surface area contributed by atoms with E-state index in [4.69, 9.17) is 11.6 Å². The van der Waals surface area contributed by atoms with Gasteiger partial charge in [-0.05, 0) is 32.3 Å². The second-order valence-corrected chi connectivity index (χ2v) is 7.00. The maximum Gasteiger partial charge on any atom is 0.253 e. The summed E-state index contributed by atoms with van der Waals surface area (Å²) in [6.45, 7) is 4.44. The first kappa shape index (κ1) is 17.8. The molecule has 0 atom stereocenters. The second-order valence-electron chi connectivity index (χ2n) is 6.57. The lowest BCUT2D eigenvalue weighted by molar-refractivity contribution is 0.425. The van der Waals surface area contributed by atoms with E-state index >= 15 is 0 Å². The van der Waals surface area contributed by atoms with Crippen LogP contribution in [0.4, 0.5) is 17.1 Å². The van der Waals surface area contributed by atoms with Gasteiger partial charge in [0.25, 0.3) is 10.9 Å². The van der Waals surface area contributed by atoms with E-state index in [0.717, 1.165) is 30.3 Å². The predicted octanol–water partition coefficient (Wildman–Crippen LogP) is 1.24. The molecule has 1 N–H and O–H groups in total. The summed E-state index contributed by atoms with van der Waals surface area (Å²) in [5, 5.41) is 3.84. The molecule has 1 fully saturated rings. The molecule has 1 aliphatic heterocycles. The van der Waals surface area contributed by atoms with Crippen molar-refractivity contribution in [2.75, 3.05) is 68.5 Å². The van der Waals surface area contributed by atoms with E-state index in [-0.39, 0.29) is 5.43 Å². The molecule has 0 aliphatic carbocycles. The fraction of sp³-hybridized carbons (Fsp3) is 0.444. The van der Waals surface area contributed by atoms with Crippen LogP contribution in [0.25, 0.3) is 0 Å². The van der Waals surface area contributed by atoms with E-state index in [1.54, 1.807) is 0 Å². The zero-order chi connectivity index (χ0) is 18.0. The molecule has 134 valence electrons. The van der Waals surface area contributed by atoms with Gasteiger partial charge >= 0.3 is 0 Å². The molecule has 1 aliphatic rings. The molecule has 0 radical (unpaired) electrons. The van der Waals surface area contributed by atoms with Crippen LogP contribution in [0.15, 0.2) is 33.9 Å². The number of nitrogens with one attached hydrogen (secondary N) is 1. The van der Waals surface area contributed by atoms with Gasteiger partial charge in [0, 0.05) is 50.0 Å². The molecule has 0 spiro atoms.